The number of carbonyl (C=O) groups is 3. The van der Waals surface area contributed by atoms with Crippen molar-refractivity contribution < 1.29 is 19.1 Å². The Morgan fingerprint density at radius 2 is 2.15 bits per heavy atom. The number of hydrogen-bond donors (Lipinski definition) is 2. The fraction of sp³-hybridized carbons (Fsp3) is 0.364. The molecule has 108 valence electrons. The molecule has 0 aliphatic carbocycles. The second-order valence-electron chi connectivity index (χ2n) is 3.70. The van der Waals surface area contributed by atoms with Gasteiger partial charge in [-0.1, -0.05) is 17.9 Å². The van der Waals surface area contributed by atoms with E-state index in [4.69, 9.17) is 4.74 Å². The Kier molecular flexibility index (Phi) is 5.39. The quantitative estimate of drug-likeness (QED) is 0.549. The van der Waals surface area contributed by atoms with Crippen molar-refractivity contribution in [1.29, 1.82) is 0 Å². The molecule has 2 N–H and O–H groups in total. The van der Waals surface area contributed by atoms with Crippen LogP contribution in [-0.4, -0.2) is 46.6 Å². The summed E-state index contributed by atoms with van der Waals surface area (Å²) in [6.07, 6.45) is 1.43. The van der Waals surface area contributed by atoms with Crippen LogP contribution in [0.2, 0.25) is 0 Å². The zero-order valence-electron chi connectivity index (χ0n) is 11.2. The number of esters is 1. The number of nitrogens with one attached hydrogen (secondary N) is 2. The van der Waals surface area contributed by atoms with Gasteiger partial charge in [-0.25, -0.2) is 14.3 Å². The number of aromatic nitrogens is 3. The number of carbonyl (C=O) groups excluding carboxylic acids is 3. The molecule has 1 heterocycles. The van der Waals surface area contributed by atoms with Gasteiger partial charge in [0.15, 0.2) is 5.69 Å². The Balaban J connectivity index is 2.71. The zero-order chi connectivity index (χ0) is 15.1. The molecule has 0 aromatic carbocycles. The average Bonchev–Trinajstić information content (AvgIpc) is 2.77. The van der Waals surface area contributed by atoms with Crippen molar-refractivity contribution in [2.75, 3.05) is 13.7 Å². The molecule has 1 aromatic heterocycles. The molecule has 1 aromatic rings. The first-order valence-corrected chi connectivity index (χ1v) is 5.69. The fourth-order valence-electron chi connectivity index (χ4n) is 1.27. The van der Waals surface area contributed by atoms with Crippen LogP contribution in [0.25, 0.3) is 0 Å². The summed E-state index contributed by atoms with van der Waals surface area (Å²) in [6, 6.07) is -0.626. The maximum Gasteiger partial charge on any atom is 0.361 e. The first-order valence-electron chi connectivity index (χ1n) is 5.69. The molecule has 0 spiro atoms. The van der Waals surface area contributed by atoms with E-state index in [1.807, 2.05) is 0 Å². The molecule has 0 radical (unpaired) electrons. The first-order chi connectivity index (χ1) is 9.49. The molecule has 0 aliphatic rings. The number of rotatable bonds is 5. The van der Waals surface area contributed by atoms with Crippen molar-refractivity contribution >= 4 is 17.9 Å². The van der Waals surface area contributed by atoms with Crippen LogP contribution in [0.15, 0.2) is 12.7 Å². The van der Waals surface area contributed by atoms with Crippen LogP contribution in [0.5, 0.6) is 0 Å². The third-order valence-corrected chi connectivity index (χ3v) is 2.28. The molecule has 20 heavy (non-hydrogen) atoms. The van der Waals surface area contributed by atoms with Gasteiger partial charge in [0.2, 0.25) is 5.91 Å². The maximum atomic E-state index is 11.6. The molecule has 1 rings (SSSR count). The molecule has 0 atom stereocenters. The number of urea groups is 1. The van der Waals surface area contributed by atoms with E-state index in [2.05, 4.69) is 27.5 Å². The molecule has 0 saturated heterocycles. The Morgan fingerprint density at radius 1 is 1.45 bits per heavy atom. The summed E-state index contributed by atoms with van der Waals surface area (Å²) >= 11 is 0. The largest absolute Gasteiger partial charge is 0.457 e. The third-order valence-electron chi connectivity index (χ3n) is 2.28. The van der Waals surface area contributed by atoms with E-state index in [1.165, 1.54) is 17.8 Å². The number of hydrogen-bond acceptors (Lipinski definition) is 6. The van der Waals surface area contributed by atoms with Crippen LogP contribution >= 0.6 is 0 Å². The van der Waals surface area contributed by atoms with E-state index in [0.29, 0.717) is 5.69 Å². The first kappa shape index (κ1) is 15.3. The van der Waals surface area contributed by atoms with Gasteiger partial charge in [-0.3, -0.25) is 10.1 Å². The van der Waals surface area contributed by atoms with Gasteiger partial charge in [0, 0.05) is 7.05 Å². The number of nitrogens with zero attached hydrogens (tertiary/aromatic N) is 3. The molecule has 0 bridgehead atoms. The lowest BCUT2D eigenvalue weighted by atomic mass is 10.3. The van der Waals surface area contributed by atoms with Crippen LogP contribution in [0.4, 0.5) is 4.79 Å². The molecule has 0 aliphatic heterocycles. The highest BCUT2D eigenvalue weighted by Crippen LogP contribution is 2.05. The smallest absolute Gasteiger partial charge is 0.361 e. The normalized spacial score (nSPS) is 9.70. The van der Waals surface area contributed by atoms with Crippen LogP contribution in [0, 0.1) is 6.92 Å². The van der Waals surface area contributed by atoms with E-state index >= 15 is 0 Å². The predicted molar refractivity (Wildman–Crippen MR) is 67.8 cm³/mol. The minimum Gasteiger partial charge on any atom is -0.457 e. The second kappa shape index (κ2) is 7.02. The van der Waals surface area contributed by atoms with Crippen molar-refractivity contribution in [1.82, 2.24) is 25.6 Å². The lowest BCUT2D eigenvalue weighted by molar-refractivity contribution is -0.120. The van der Waals surface area contributed by atoms with Gasteiger partial charge in [-0.15, -0.1) is 5.10 Å². The summed E-state index contributed by atoms with van der Waals surface area (Å²) in [6.45, 7) is 4.81. The molecular formula is C11H15N5O4. The van der Waals surface area contributed by atoms with E-state index in [-0.39, 0.29) is 18.8 Å². The number of imide groups is 1. The molecular weight excluding hydrogens is 266 g/mol. The van der Waals surface area contributed by atoms with Crippen molar-refractivity contribution in [2.45, 2.75) is 13.5 Å². The zero-order valence-corrected chi connectivity index (χ0v) is 11.2. The highest BCUT2D eigenvalue weighted by Gasteiger charge is 2.19. The second-order valence-corrected chi connectivity index (χ2v) is 3.70. The van der Waals surface area contributed by atoms with Gasteiger partial charge in [-0.2, -0.15) is 0 Å². The predicted octanol–water partition coefficient (Wildman–Crippen LogP) is -0.615. The van der Waals surface area contributed by atoms with Crippen LogP contribution in [0.3, 0.4) is 0 Å². The Labute approximate surface area is 115 Å². The van der Waals surface area contributed by atoms with E-state index in [1.54, 1.807) is 6.92 Å². The van der Waals surface area contributed by atoms with Gasteiger partial charge in [-0.05, 0) is 6.92 Å². The summed E-state index contributed by atoms with van der Waals surface area (Å²) in [5.41, 5.74) is 0.380. The van der Waals surface area contributed by atoms with Crippen LogP contribution in [-0.2, 0) is 16.1 Å². The van der Waals surface area contributed by atoms with Gasteiger partial charge < -0.3 is 10.1 Å². The molecule has 0 fully saturated rings. The monoisotopic (exact) mass is 281 g/mol. The topological polar surface area (TPSA) is 115 Å². The average molecular weight is 281 g/mol. The van der Waals surface area contributed by atoms with Gasteiger partial charge in [0.1, 0.15) is 13.2 Å². The third kappa shape index (κ3) is 3.90. The summed E-state index contributed by atoms with van der Waals surface area (Å²) in [4.78, 5) is 34.0. The maximum absolute atomic E-state index is 11.6. The van der Waals surface area contributed by atoms with Crippen molar-refractivity contribution in [3.8, 4) is 0 Å². The van der Waals surface area contributed by atoms with Gasteiger partial charge in [0.25, 0.3) is 0 Å². The molecule has 3 amide bonds. The van der Waals surface area contributed by atoms with Gasteiger partial charge >= 0.3 is 12.0 Å². The Morgan fingerprint density at radius 3 is 2.75 bits per heavy atom. The van der Waals surface area contributed by atoms with Crippen molar-refractivity contribution in [3.05, 3.63) is 24.0 Å². The van der Waals surface area contributed by atoms with Crippen LogP contribution in [0.1, 0.15) is 16.2 Å². The molecule has 0 unspecified atom stereocenters. The number of amides is 3. The summed E-state index contributed by atoms with van der Waals surface area (Å²) < 4.78 is 6.02. The van der Waals surface area contributed by atoms with Crippen molar-refractivity contribution in [3.63, 3.8) is 0 Å². The summed E-state index contributed by atoms with van der Waals surface area (Å²) in [5, 5.41) is 11.6. The van der Waals surface area contributed by atoms with Crippen molar-refractivity contribution in [2.24, 2.45) is 0 Å². The minimum absolute atomic E-state index is 0.0135. The van der Waals surface area contributed by atoms with Crippen LogP contribution < -0.4 is 10.6 Å². The molecule has 0 saturated carbocycles. The standard InChI is InChI=1S/C11H15N5O4/c1-4-5-20-10(18)9-7(2)16(15-14-9)6-8(17)13-11(19)12-3/h4H,1,5-6H2,2-3H3,(H2,12,13,17,19). The highest BCUT2D eigenvalue weighted by atomic mass is 16.5. The number of ether oxygens (including phenoxy) is 1. The Hall–Kier alpha value is -2.71. The minimum atomic E-state index is -0.652. The van der Waals surface area contributed by atoms with Gasteiger partial charge in [0.05, 0.1) is 5.69 Å². The van der Waals surface area contributed by atoms with E-state index in [9.17, 15) is 14.4 Å². The summed E-state index contributed by atoms with van der Waals surface area (Å²) in [7, 11) is 1.39. The van der Waals surface area contributed by atoms with E-state index < -0.39 is 17.9 Å². The van der Waals surface area contributed by atoms with E-state index in [0.717, 1.165) is 0 Å². The lowest BCUT2D eigenvalue weighted by Gasteiger charge is -2.04. The lowest BCUT2D eigenvalue weighted by Crippen LogP contribution is -2.39. The Bertz CT molecular complexity index is 537. The fourth-order valence-corrected chi connectivity index (χ4v) is 1.27. The summed E-state index contributed by atoms with van der Waals surface area (Å²) in [5.74, 6) is -1.23. The molecule has 9 nitrogen and oxygen atoms in total. The highest BCUT2D eigenvalue weighted by molar-refractivity contribution is 5.94. The SMILES string of the molecule is C=CCOC(=O)c1nnn(CC(=O)NC(=O)NC)c1C. The molecule has 9 heteroatoms.